The minimum Gasteiger partial charge on any atom is -0.394 e. The molecule has 0 radical (unpaired) electrons. The van der Waals surface area contributed by atoms with E-state index in [9.17, 15) is 0 Å². The number of aromatic amines is 1. The van der Waals surface area contributed by atoms with E-state index in [1.165, 1.54) is 0 Å². The number of H-pyrrole nitrogens is 1. The largest absolute Gasteiger partial charge is 0.394 e. The lowest BCUT2D eigenvalue weighted by atomic mass is 10.3. The molecular formula is C12H15N3O2. The molecule has 0 spiro atoms. The fraction of sp³-hybridized carbons (Fsp3) is 0.417. The van der Waals surface area contributed by atoms with Crippen molar-refractivity contribution in [1.82, 2.24) is 9.97 Å². The first-order valence-electron chi connectivity index (χ1n) is 5.79. The Labute approximate surface area is 99.0 Å². The summed E-state index contributed by atoms with van der Waals surface area (Å²) in [5, 5.41) is 9.11. The average Bonchev–Trinajstić information content (AvgIpc) is 2.82. The molecule has 2 heterocycles. The van der Waals surface area contributed by atoms with Crippen LogP contribution in [-0.4, -0.2) is 47.5 Å². The highest BCUT2D eigenvalue weighted by atomic mass is 16.5. The number of nitrogens with zero attached hydrogens (tertiary/aromatic N) is 2. The standard InChI is InChI=1S/C12H15N3O2/c16-8-9-7-15(5-6-17-9)12-13-10-3-1-2-4-11(10)14-12/h1-4,9,16H,5-8H2,(H,13,14). The number of para-hydroxylation sites is 2. The number of rotatable bonds is 2. The molecule has 0 saturated carbocycles. The Bertz CT molecular complexity index is 478. The summed E-state index contributed by atoms with van der Waals surface area (Å²) in [6.45, 7) is 2.16. The van der Waals surface area contributed by atoms with Crippen LogP contribution in [-0.2, 0) is 4.74 Å². The third-order valence-electron chi connectivity index (χ3n) is 3.02. The van der Waals surface area contributed by atoms with Crippen LogP contribution in [0.2, 0.25) is 0 Å². The van der Waals surface area contributed by atoms with Crippen molar-refractivity contribution < 1.29 is 9.84 Å². The maximum atomic E-state index is 9.11. The summed E-state index contributed by atoms with van der Waals surface area (Å²) < 4.78 is 5.42. The number of anilines is 1. The van der Waals surface area contributed by atoms with E-state index in [0.29, 0.717) is 13.2 Å². The van der Waals surface area contributed by atoms with Gasteiger partial charge in [0.2, 0.25) is 5.95 Å². The minimum atomic E-state index is -0.114. The zero-order valence-electron chi connectivity index (χ0n) is 9.47. The van der Waals surface area contributed by atoms with E-state index >= 15 is 0 Å². The number of fused-ring (bicyclic) bond motifs is 1. The topological polar surface area (TPSA) is 61.4 Å². The molecular weight excluding hydrogens is 218 g/mol. The number of imidazole rings is 1. The monoisotopic (exact) mass is 233 g/mol. The van der Waals surface area contributed by atoms with Gasteiger partial charge in [0.25, 0.3) is 0 Å². The van der Waals surface area contributed by atoms with Gasteiger partial charge < -0.3 is 19.7 Å². The molecule has 0 aliphatic carbocycles. The van der Waals surface area contributed by atoms with Gasteiger partial charge in [-0.15, -0.1) is 0 Å². The molecule has 1 saturated heterocycles. The van der Waals surface area contributed by atoms with Crippen LogP contribution in [0, 0.1) is 0 Å². The summed E-state index contributed by atoms with van der Waals surface area (Å²) in [6, 6.07) is 7.96. The number of hydrogen-bond acceptors (Lipinski definition) is 4. The van der Waals surface area contributed by atoms with E-state index in [-0.39, 0.29) is 12.7 Å². The van der Waals surface area contributed by atoms with Crippen LogP contribution in [0.1, 0.15) is 0 Å². The Morgan fingerprint density at radius 1 is 1.47 bits per heavy atom. The maximum absolute atomic E-state index is 9.11. The molecule has 2 N–H and O–H groups in total. The third-order valence-corrected chi connectivity index (χ3v) is 3.02. The Morgan fingerprint density at radius 2 is 2.35 bits per heavy atom. The highest BCUT2D eigenvalue weighted by molar-refractivity contribution is 5.77. The second-order valence-corrected chi connectivity index (χ2v) is 4.20. The quantitative estimate of drug-likeness (QED) is 0.804. The lowest BCUT2D eigenvalue weighted by Gasteiger charge is -2.31. The van der Waals surface area contributed by atoms with Gasteiger partial charge >= 0.3 is 0 Å². The zero-order valence-corrected chi connectivity index (χ0v) is 9.47. The fourth-order valence-electron chi connectivity index (χ4n) is 2.11. The number of aromatic nitrogens is 2. The van der Waals surface area contributed by atoms with E-state index in [4.69, 9.17) is 9.84 Å². The van der Waals surface area contributed by atoms with Crippen molar-refractivity contribution in [2.24, 2.45) is 0 Å². The van der Waals surface area contributed by atoms with Crippen LogP contribution in [0.3, 0.4) is 0 Å². The van der Waals surface area contributed by atoms with Gasteiger partial charge in [-0.05, 0) is 12.1 Å². The second kappa shape index (κ2) is 4.35. The highest BCUT2D eigenvalue weighted by Gasteiger charge is 2.21. The Kier molecular flexibility index (Phi) is 2.70. The predicted molar refractivity (Wildman–Crippen MR) is 65.1 cm³/mol. The third kappa shape index (κ3) is 1.99. The molecule has 1 unspecified atom stereocenters. The number of nitrogens with one attached hydrogen (secondary N) is 1. The summed E-state index contributed by atoms with van der Waals surface area (Å²) in [4.78, 5) is 9.94. The Morgan fingerprint density at radius 3 is 3.18 bits per heavy atom. The molecule has 0 bridgehead atoms. The normalized spacial score (nSPS) is 21.0. The van der Waals surface area contributed by atoms with Crippen LogP contribution >= 0.6 is 0 Å². The lowest BCUT2D eigenvalue weighted by Crippen LogP contribution is -2.44. The summed E-state index contributed by atoms with van der Waals surface area (Å²) in [5.74, 6) is 0.855. The van der Waals surface area contributed by atoms with Crippen molar-refractivity contribution in [3.8, 4) is 0 Å². The molecule has 1 aromatic heterocycles. The van der Waals surface area contributed by atoms with Crippen molar-refractivity contribution in [2.75, 3.05) is 31.2 Å². The van der Waals surface area contributed by atoms with E-state index in [0.717, 1.165) is 23.5 Å². The first kappa shape index (κ1) is 10.6. The zero-order chi connectivity index (χ0) is 11.7. The van der Waals surface area contributed by atoms with Crippen molar-refractivity contribution in [3.63, 3.8) is 0 Å². The number of aliphatic hydroxyl groups is 1. The summed E-state index contributed by atoms with van der Waals surface area (Å²) in [6.07, 6.45) is -0.114. The molecule has 1 aliphatic heterocycles. The van der Waals surface area contributed by atoms with Crippen LogP contribution in [0.4, 0.5) is 5.95 Å². The van der Waals surface area contributed by atoms with Crippen LogP contribution in [0.5, 0.6) is 0 Å². The van der Waals surface area contributed by atoms with Gasteiger partial charge in [-0.3, -0.25) is 0 Å². The molecule has 3 rings (SSSR count). The van der Waals surface area contributed by atoms with Gasteiger partial charge in [-0.25, -0.2) is 4.98 Å². The molecule has 0 amide bonds. The summed E-state index contributed by atoms with van der Waals surface area (Å²) in [7, 11) is 0. The number of morpholine rings is 1. The number of ether oxygens (including phenoxy) is 1. The predicted octanol–water partition coefficient (Wildman–Crippen LogP) is 0.760. The molecule has 1 aliphatic rings. The first-order valence-corrected chi connectivity index (χ1v) is 5.79. The van der Waals surface area contributed by atoms with E-state index in [1.54, 1.807) is 0 Å². The molecule has 5 nitrogen and oxygen atoms in total. The highest BCUT2D eigenvalue weighted by Crippen LogP contribution is 2.18. The Balaban J connectivity index is 1.87. The second-order valence-electron chi connectivity index (χ2n) is 4.20. The molecule has 1 atom stereocenters. The average molecular weight is 233 g/mol. The molecule has 90 valence electrons. The van der Waals surface area contributed by atoms with E-state index in [2.05, 4.69) is 14.9 Å². The van der Waals surface area contributed by atoms with Crippen molar-refractivity contribution in [1.29, 1.82) is 0 Å². The summed E-state index contributed by atoms with van der Waals surface area (Å²) in [5.41, 5.74) is 2.00. The van der Waals surface area contributed by atoms with Crippen molar-refractivity contribution >= 4 is 17.0 Å². The summed E-state index contributed by atoms with van der Waals surface area (Å²) >= 11 is 0. The van der Waals surface area contributed by atoms with Crippen LogP contribution < -0.4 is 4.90 Å². The number of benzene rings is 1. The van der Waals surface area contributed by atoms with Crippen LogP contribution in [0.25, 0.3) is 11.0 Å². The van der Waals surface area contributed by atoms with Gasteiger partial charge in [0.1, 0.15) is 0 Å². The molecule has 1 aromatic carbocycles. The van der Waals surface area contributed by atoms with E-state index < -0.39 is 0 Å². The van der Waals surface area contributed by atoms with E-state index in [1.807, 2.05) is 24.3 Å². The molecule has 2 aromatic rings. The van der Waals surface area contributed by atoms with Crippen LogP contribution in [0.15, 0.2) is 24.3 Å². The number of aliphatic hydroxyl groups excluding tert-OH is 1. The lowest BCUT2D eigenvalue weighted by molar-refractivity contribution is 0.00319. The molecule has 17 heavy (non-hydrogen) atoms. The van der Waals surface area contributed by atoms with Gasteiger partial charge in [-0.1, -0.05) is 12.1 Å². The van der Waals surface area contributed by atoms with Gasteiger partial charge in [-0.2, -0.15) is 0 Å². The van der Waals surface area contributed by atoms with Crippen molar-refractivity contribution in [2.45, 2.75) is 6.10 Å². The van der Waals surface area contributed by atoms with Gasteiger partial charge in [0.05, 0.1) is 30.4 Å². The van der Waals surface area contributed by atoms with Gasteiger partial charge in [0, 0.05) is 13.1 Å². The SMILES string of the molecule is OCC1CN(c2nc3ccccc3[nH]2)CCO1. The fourth-order valence-corrected chi connectivity index (χ4v) is 2.11. The molecule has 5 heteroatoms. The molecule has 1 fully saturated rings. The first-order chi connectivity index (χ1) is 8.36. The Hall–Kier alpha value is -1.59. The minimum absolute atomic E-state index is 0.0523. The van der Waals surface area contributed by atoms with Gasteiger partial charge in [0.15, 0.2) is 0 Å². The number of hydrogen-bond donors (Lipinski definition) is 2. The maximum Gasteiger partial charge on any atom is 0.204 e. The van der Waals surface area contributed by atoms with Crippen molar-refractivity contribution in [3.05, 3.63) is 24.3 Å². The smallest absolute Gasteiger partial charge is 0.204 e.